The average Bonchev–Trinajstić information content (AvgIpc) is 2.71. The predicted molar refractivity (Wildman–Crippen MR) is 109 cm³/mol. The fourth-order valence-electron chi connectivity index (χ4n) is 4.07. The summed E-state index contributed by atoms with van der Waals surface area (Å²) in [5, 5.41) is 0. The van der Waals surface area contributed by atoms with Crippen LogP contribution < -0.4 is 9.47 Å². The van der Waals surface area contributed by atoms with E-state index in [1.165, 1.54) is 19.3 Å². The summed E-state index contributed by atoms with van der Waals surface area (Å²) in [6, 6.07) is 5.97. The summed E-state index contributed by atoms with van der Waals surface area (Å²) >= 11 is 0. The molecule has 1 unspecified atom stereocenters. The highest BCUT2D eigenvalue weighted by atomic mass is 16.5. The quantitative estimate of drug-likeness (QED) is 0.577. The van der Waals surface area contributed by atoms with Crippen LogP contribution in [-0.2, 0) is 4.79 Å². The minimum absolute atomic E-state index is 0.222. The standard InChI is InChI=1S/C23H33NO3/c1-4-6-7-17(5-2)16-27-21-9-8-18(15-22(21)26-3)14-20-23(25)19-10-12-24(20)13-11-19/h8-9,14-15,17,19H,4-7,10-13,16H2,1-3H3/b20-14-. The van der Waals surface area contributed by atoms with Crippen LogP contribution in [0.4, 0.5) is 0 Å². The Morgan fingerprint density at radius 2 is 2.00 bits per heavy atom. The smallest absolute Gasteiger partial charge is 0.182 e. The van der Waals surface area contributed by atoms with Gasteiger partial charge < -0.3 is 14.4 Å². The number of allylic oxidation sites excluding steroid dienone is 1. The summed E-state index contributed by atoms with van der Waals surface area (Å²) in [7, 11) is 1.67. The molecule has 0 saturated carbocycles. The van der Waals surface area contributed by atoms with Crippen LogP contribution in [0.1, 0.15) is 57.9 Å². The Labute approximate surface area is 163 Å². The molecule has 0 spiro atoms. The van der Waals surface area contributed by atoms with Gasteiger partial charge in [0, 0.05) is 19.0 Å². The number of unbranched alkanes of at least 4 members (excludes halogenated alkanes) is 1. The fourth-order valence-corrected chi connectivity index (χ4v) is 4.07. The Morgan fingerprint density at radius 3 is 2.63 bits per heavy atom. The SMILES string of the molecule is CCCCC(CC)COc1ccc(/C=C2/C(=O)C3CCN2CC3)cc1OC. The first-order valence-electron chi connectivity index (χ1n) is 10.5. The molecule has 0 N–H and O–H groups in total. The van der Waals surface area contributed by atoms with Crippen molar-refractivity contribution in [3.63, 3.8) is 0 Å². The number of carbonyl (C=O) groups excluding carboxylic acids is 1. The predicted octanol–water partition coefficient (Wildman–Crippen LogP) is 4.93. The zero-order valence-electron chi connectivity index (χ0n) is 17.0. The van der Waals surface area contributed by atoms with Gasteiger partial charge in [0.25, 0.3) is 0 Å². The second-order valence-corrected chi connectivity index (χ2v) is 7.79. The lowest BCUT2D eigenvalue weighted by atomic mass is 9.84. The second kappa shape index (κ2) is 9.29. The number of ketones is 1. The normalized spacial score (nSPS) is 19.6. The first-order valence-corrected chi connectivity index (χ1v) is 10.5. The van der Waals surface area contributed by atoms with Gasteiger partial charge in [0.05, 0.1) is 19.4 Å². The Morgan fingerprint density at radius 1 is 1.22 bits per heavy atom. The molecule has 1 aromatic rings. The minimum Gasteiger partial charge on any atom is -0.493 e. The van der Waals surface area contributed by atoms with Gasteiger partial charge >= 0.3 is 0 Å². The van der Waals surface area contributed by atoms with Crippen LogP contribution in [0.3, 0.4) is 0 Å². The summed E-state index contributed by atoms with van der Waals surface area (Å²) < 4.78 is 11.6. The van der Waals surface area contributed by atoms with Crippen molar-refractivity contribution in [3.05, 3.63) is 29.5 Å². The molecule has 0 aliphatic carbocycles. The molecule has 0 amide bonds. The van der Waals surface area contributed by atoms with E-state index in [0.717, 1.165) is 61.7 Å². The summed E-state index contributed by atoms with van der Waals surface area (Å²) in [4.78, 5) is 14.8. The highest BCUT2D eigenvalue weighted by Gasteiger charge is 2.36. The lowest BCUT2D eigenvalue weighted by Crippen LogP contribution is -2.45. The van der Waals surface area contributed by atoms with Crippen molar-refractivity contribution in [2.45, 2.75) is 52.4 Å². The van der Waals surface area contributed by atoms with E-state index >= 15 is 0 Å². The maximum Gasteiger partial charge on any atom is 0.182 e. The van der Waals surface area contributed by atoms with Crippen LogP contribution >= 0.6 is 0 Å². The van der Waals surface area contributed by atoms with Gasteiger partial charge in [0.1, 0.15) is 0 Å². The van der Waals surface area contributed by atoms with E-state index < -0.39 is 0 Å². The van der Waals surface area contributed by atoms with Crippen LogP contribution in [0.25, 0.3) is 6.08 Å². The molecule has 3 aliphatic heterocycles. The van der Waals surface area contributed by atoms with Crippen molar-refractivity contribution in [2.24, 2.45) is 11.8 Å². The number of carbonyl (C=O) groups is 1. The van der Waals surface area contributed by atoms with Crippen LogP contribution in [0.5, 0.6) is 11.5 Å². The number of fused-ring (bicyclic) bond motifs is 3. The van der Waals surface area contributed by atoms with Crippen molar-refractivity contribution in [2.75, 3.05) is 26.8 Å². The van der Waals surface area contributed by atoms with Crippen molar-refractivity contribution < 1.29 is 14.3 Å². The number of nitrogens with zero attached hydrogens (tertiary/aromatic N) is 1. The Balaban J connectivity index is 1.71. The van der Waals surface area contributed by atoms with Gasteiger partial charge in [-0.1, -0.05) is 39.2 Å². The molecule has 2 bridgehead atoms. The molecule has 4 rings (SSSR count). The lowest BCUT2D eigenvalue weighted by molar-refractivity contribution is -0.125. The third kappa shape index (κ3) is 4.66. The van der Waals surface area contributed by atoms with Crippen LogP contribution in [0, 0.1) is 11.8 Å². The summed E-state index contributed by atoms with van der Waals surface area (Å²) in [5.41, 5.74) is 1.85. The first-order chi connectivity index (χ1) is 13.2. The zero-order valence-corrected chi connectivity index (χ0v) is 17.0. The van der Waals surface area contributed by atoms with E-state index in [0.29, 0.717) is 11.7 Å². The van der Waals surface area contributed by atoms with Gasteiger partial charge in [0.2, 0.25) is 0 Å². The van der Waals surface area contributed by atoms with E-state index in [4.69, 9.17) is 9.47 Å². The minimum atomic E-state index is 0.222. The maximum atomic E-state index is 12.5. The van der Waals surface area contributed by atoms with E-state index in [1.54, 1.807) is 7.11 Å². The number of ether oxygens (including phenoxy) is 2. The Hall–Kier alpha value is -1.97. The Kier molecular flexibility index (Phi) is 6.81. The molecule has 3 fully saturated rings. The second-order valence-electron chi connectivity index (χ2n) is 7.79. The molecular formula is C23H33NO3. The molecule has 1 atom stereocenters. The number of rotatable bonds is 9. The molecule has 0 radical (unpaired) electrons. The number of Topliss-reactive ketones (excluding diaryl/α,β-unsaturated/α-hetero) is 1. The molecule has 4 heteroatoms. The summed E-state index contributed by atoms with van der Waals surface area (Å²) in [5.74, 6) is 2.62. The van der Waals surface area contributed by atoms with Gasteiger partial charge in [-0.25, -0.2) is 0 Å². The van der Waals surface area contributed by atoms with Gasteiger partial charge in [-0.3, -0.25) is 4.79 Å². The Bertz CT molecular complexity index is 674. The van der Waals surface area contributed by atoms with Crippen molar-refractivity contribution in [1.29, 1.82) is 0 Å². The van der Waals surface area contributed by atoms with E-state index in [-0.39, 0.29) is 5.92 Å². The fraction of sp³-hybridized carbons (Fsp3) is 0.609. The molecule has 148 valence electrons. The topological polar surface area (TPSA) is 38.8 Å². The van der Waals surface area contributed by atoms with E-state index in [9.17, 15) is 4.79 Å². The van der Waals surface area contributed by atoms with Crippen LogP contribution in [-0.4, -0.2) is 37.5 Å². The summed E-state index contributed by atoms with van der Waals surface area (Å²) in [6.45, 7) is 7.17. The third-order valence-corrected chi connectivity index (χ3v) is 5.97. The number of benzene rings is 1. The van der Waals surface area contributed by atoms with Gasteiger partial charge in [-0.05, 0) is 49.0 Å². The number of piperidine rings is 3. The molecule has 3 heterocycles. The molecule has 27 heavy (non-hydrogen) atoms. The van der Waals surface area contributed by atoms with Gasteiger partial charge in [0.15, 0.2) is 17.3 Å². The van der Waals surface area contributed by atoms with Crippen LogP contribution in [0.15, 0.2) is 23.9 Å². The molecular weight excluding hydrogens is 338 g/mol. The largest absolute Gasteiger partial charge is 0.493 e. The summed E-state index contributed by atoms with van der Waals surface area (Å²) in [6.07, 6.45) is 8.82. The number of hydrogen-bond acceptors (Lipinski definition) is 4. The van der Waals surface area contributed by atoms with Crippen molar-refractivity contribution >= 4 is 11.9 Å². The van der Waals surface area contributed by atoms with E-state index in [2.05, 4.69) is 18.7 Å². The van der Waals surface area contributed by atoms with Crippen molar-refractivity contribution in [1.82, 2.24) is 4.90 Å². The molecule has 0 aromatic heterocycles. The highest BCUT2D eigenvalue weighted by Crippen LogP contribution is 2.34. The highest BCUT2D eigenvalue weighted by molar-refractivity contribution is 6.01. The third-order valence-electron chi connectivity index (χ3n) is 5.97. The van der Waals surface area contributed by atoms with E-state index in [1.807, 2.05) is 24.3 Å². The monoisotopic (exact) mass is 371 g/mol. The maximum absolute atomic E-state index is 12.5. The zero-order chi connectivity index (χ0) is 19.2. The van der Waals surface area contributed by atoms with Gasteiger partial charge in [-0.15, -0.1) is 0 Å². The molecule has 3 saturated heterocycles. The molecule has 3 aliphatic rings. The van der Waals surface area contributed by atoms with Gasteiger partial charge in [-0.2, -0.15) is 0 Å². The first kappa shape index (κ1) is 19.8. The number of hydrogen-bond donors (Lipinski definition) is 0. The average molecular weight is 372 g/mol. The van der Waals surface area contributed by atoms with Crippen molar-refractivity contribution in [3.8, 4) is 11.5 Å². The molecule has 4 nitrogen and oxygen atoms in total. The lowest BCUT2D eigenvalue weighted by Gasteiger charge is -2.41. The number of methoxy groups -OCH3 is 1. The van der Waals surface area contributed by atoms with Crippen LogP contribution in [0.2, 0.25) is 0 Å². The molecule has 1 aromatic carbocycles.